The van der Waals surface area contributed by atoms with Gasteiger partial charge in [-0.15, -0.1) is 0 Å². The van der Waals surface area contributed by atoms with E-state index in [-0.39, 0.29) is 16.7 Å². The van der Waals surface area contributed by atoms with E-state index in [9.17, 15) is 10.1 Å². The minimum Gasteiger partial charge on any atom is -0.360 e. The molecule has 2 heterocycles. The van der Waals surface area contributed by atoms with E-state index >= 15 is 0 Å². The molecule has 0 radical (unpaired) electrons. The van der Waals surface area contributed by atoms with Gasteiger partial charge in [0.2, 0.25) is 5.82 Å². The Balaban J connectivity index is 2.34. The maximum atomic E-state index is 11.2. The molecule has 20 heavy (non-hydrogen) atoms. The lowest BCUT2D eigenvalue weighted by molar-refractivity contribution is -0.384. The van der Waals surface area contributed by atoms with Crippen LogP contribution in [0.25, 0.3) is 0 Å². The Labute approximate surface area is 121 Å². The van der Waals surface area contributed by atoms with Crippen LogP contribution in [0.4, 0.5) is 11.5 Å². The van der Waals surface area contributed by atoms with Crippen LogP contribution in [0.5, 0.6) is 0 Å². The number of nitrogens with one attached hydrogen (secondary N) is 1. The summed E-state index contributed by atoms with van der Waals surface area (Å²) in [6.45, 7) is 8.17. The highest BCUT2D eigenvalue weighted by Gasteiger charge is 2.26. The van der Waals surface area contributed by atoms with Crippen molar-refractivity contribution in [2.45, 2.75) is 40.3 Å². The summed E-state index contributed by atoms with van der Waals surface area (Å²) in [6, 6.07) is 0.0634. The maximum absolute atomic E-state index is 11.2. The molecule has 0 amide bonds. The molecule has 0 aromatic carbocycles. The average Bonchev–Trinajstić information content (AvgIpc) is 2.90. The van der Waals surface area contributed by atoms with Crippen molar-refractivity contribution < 1.29 is 4.92 Å². The zero-order valence-electron chi connectivity index (χ0n) is 12.0. The van der Waals surface area contributed by atoms with Gasteiger partial charge in [0, 0.05) is 12.6 Å². The van der Waals surface area contributed by atoms with E-state index in [1.807, 2.05) is 20.8 Å². The van der Waals surface area contributed by atoms with Crippen LogP contribution in [0.15, 0.2) is 10.8 Å². The van der Waals surface area contributed by atoms with Crippen LogP contribution in [-0.2, 0) is 6.54 Å². The number of nitrogens with zero attached hydrogens (tertiary/aromatic N) is 3. The fraction of sp³-hybridized carbons (Fsp3) is 0.462. The van der Waals surface area contributed by atoms with Gasteiger partial charge in [-0.25, -0.2) is 4.68 Å². The fourth-order valence-electron chi connectivity index (χ4n) is 2.04. The molecule has 7 heteroatoms. The molecule has 0 bridgehead atoms. The van der Waals surface area contributed by atoms with Crippen molar-refractivity contribution in [2.75, 3.05) is 5.32 Å². The maximum Gasteiger partial charge on any atom is 0.333 e. The summed E-state index contributed by atoms with van der Waals surface area (Å²) < 4.78 is 1.68. The quantitative estimate of drug-likeness (QED) is 0.674. The van der Waals surface area contributed by atoms with Crippen molar-refractivity contribution in [1.82, 2.24) is 9.78 Å². The van der Waals surface area contributed by atoms with Crippen LogP contribution in [0.1, 0.15) is 36.7 Å². The molecule has 0 aliphatic carbocycles. The first kappa shape index (κ1) is 14.5. The smallest absolute Gasteiger partial charge is 0.333 e. The molecule has 1 N–H and O–H groups in total. The van der Waals surface area contributed by atoms with Gasteiger partial charge in [-0.1, -0.05) is 0 Å². The SMILES string of the molecule is Cc1cscc1CNc1c([N+](=O)[O-])c(C)nn1C(C)C. The second kappa shape index (κ2) is 5.62. The highest BCUT2D eigenvalue weighted by Crippen LogP contribution is 2.31. The van der Waals surface area contributed by atoms with Gasteiger partial charge in [0.15, 0.2) is 0 Å². The fourth-order valence-corrected chi connectivity index (χ4v) is 2.90. The Hall–Kier alpha value is -1.89. The normalized spacial score (nSPS) is 11.1. The summed E-state index contributed by atoms with van der Waals surface area (Å²) >= 11 is 1.63. The summed E-state index contributed by atoms with van der Waals surface area (Å²) in [5, 5.41) is 22.8. The highest BCUT2D eigenvalue weighted by molar-refractivity contribution is 7.08. The zero-order valence-corrected chi connectivity index (χ0v) is 12.8. The van der Waals surface area contributed by atoms with Crippen LogP contribution >= 0.6 is 11.3 Å². The first-order valence-electron chi connectivity index (χ1n) is 6.40. The Morgan fingerprint density at radius 3 is 2.65 bits per heavy atom. The molecule has 6 nitrogen and oxygen atoms in total. The number of hydrogen-bond acceptors (Lipinski definition) is 5. The molecule has 0 aliphatic heterocycles. The summed E-state index contributed by atoms with van der Waals surface area (Å²) in [5.41, 5.74) is 2.84. The summed E-state index contributed by atoms with van der Waals surface area (Å²) in [7, 11) is 0. The zero-order chi connectivity index (χ0) is 14.9. The number of thiophene rings is 1. The molecule has 0 aliphatic rings. The van der Waals surface area contributed by atoms with Crippen molar-refractivity contribution >= 4 is 22.8 Å². The van der Waals surface area contributed by atoms with Crippen molar-refractivity contribution in [2.24, 2.45) is 0 Å². The average molecular weight is 294 g/mol. The Kier molecular flexibility index (Phi) is 4.08. The number of aromatic nitrogens is 2. The van der Waals surface area contributed by atoms with Gasteiger partial charge in [0.05, 0.1) is 4.92 Å². The number of nitro groups is 1. The van der Waals surface area contributed by atoms with Gasteiger partial charge in [-0.3, -0.25) is 10.1 Å². The minimum atomic E-state index is -0.371. The number of aryl methyl sites for hydroxylation is 2. The second-order valence-corrected chi connectivity index (χ2v) is 5.76. The van der Waals surface area contributed by atoms with Crippen LogP contribution in [0, 0.1) is 24.0 Å². The van der Waals surface area contributed by atoms with E-state index in [0.717, 1.165) is 5.56 Å². The van der Waals surface area contributed by atoms with Crippen LogP contribution in [0.3, 0.4) is 0 Å². The number of hydrogen-bond donors (Lipinski definition) is 1. The third kappa shape index (κ3) is 2.67. The Morgan fingerprint density at radius 1 is 1.45 bits per heavy atom. The van der Waals surface area contributed by atoms with Gasteiger partial charge < -0.3 is 5.32 Å². The monoisotopic (exact) mass is 294 g/mol. The highest BCUT2D eigenvalue weighted by atomic mass is 32.1. The second-order valence-electron chi connectivity index (χ2n) is 5.01. The van der Waals surface area contributed by atoms with Gasteiger partial charge >= 0.3 is 5.69 Å². The van der Waals surface area contributed by atoms with Gasteiger partial charge in [-0.2, -0.15) is 16.4 Å². The largest absolute Gasteiger partial charge is 0.360 e. The molecule has 2 aromatic rings. The van der Waals surface area contributed by atoms with E-state index in [1.165, 1.54) is 5.56 Å². The van der Waals surface area contributed by atoms with E-state index in [0.29, 0.717) is 18.1 Å². The minimum absolute atomic E-state index is 0.0617. The molecule has 0 saturated carbocycles. The van der Waals surface area contributed by atoms with Gasteiger partial charge in [-0.05, 0) is 49.6 Å². The number of rotatable bonds is 5. The first-order chi connectivity index (χ1) is 9.41. The first-order valence-corrected chi connectivity index (χ1v) is 7.35. The number of anilines is 1. The van der Waals surface area contributed by atoms with Crippen molar-refractivity contribution in [3.05, 3.63) is 37.7 Å². The Morgan fingerprint density at radius 2 is 2.15 bits per heavy atom. The van der Waals surface area contributed by atoms with Crippen molar-refractivity contribution in [1.29, 1.82) is 0 Å². The summed E-state index contributed by atoms with van der Waals surface area (Å²) in [4.78, 5) is 10.9. The van der Waals surface area contributed by atoms with E-state index < -0.39 is 0 Å². The molecule has 0 unspecified atom stereocenters. The lowest BCUT2D eigenvalue weighted by Crippen LogP contribution is -2.11. The molecule has 0 fully saturated rings. The van der Waals surface area contributed by atoms with Crippen LogP contribution in [0.2, 0.25) is 0 Å². The van der Waals surface area contributed by atoms with Gasteiger partial charge in [0.25, 0.3) is 0 Å². The van der Waals surface area contributed by atoms with Crippen LogP contribution in [-0.4, -0.2) is 14.7 Å². The third-order valence-corrected chi connectivity index (χ3v) is 4.04. The predicted molar refractivity (Wildman–Crippen MR) is 80.4 cm³/mol. The lowest BCUT2D eigenvalue weighted by Gasteiger charge is -2.11. The molecule has 0 atom stereocenters. The third-order valence-electron chi connectivity index (χ3n) is 3.13. The topological polar surface area (TPSA) is 73.0 Å². The molecular weight excluding hydrogens is 276 g/mol. The van der Waals surface area contributed by atoms with Gasteiger partial charge in [0.1, 0.15) is 5.69 Å². The molecular formula is C13H18N4O2S. The van der Waals surface area contributed by atoms with Crippen LogP contribution < -0.4 is 5.32 Å². The molecule has 2 aromatic heterocycles. The lowest BCUT2D eigenvalue weighted by atomic mass is 10.2. The van der Waals surface area contributed by atoms with E-state index in [2.05, 4.69) is 21.2 Å². The Bertz CT molecular complexity index is 630. The van der Waals surface area contributed by atoms with E-state index in [1.54, 1.807) is 22.9 Å². The molecule has 2 rings (SSSR count). The van der Waals surface area contributed by atoms with Crippen molar-refractivity contribution in [3.63, 3.8) is 0 Å². The predicted octanol–water partition coefficient (Wildman–Crippen LogP) is 3.66. The summed E-state index contributed by atoms with van der Waals surface area (Å²) in [5.74, 6) is 0.480. The van der Waals surface area contributed by atoms with Crippen molar-refractivity contribution in [3.8, 4) is 0 Å². The molecule has 108 valence electrons. The standard InChI is InChI=1S/C13H18N4O2S/c1-8(2)16-13(12(17(18)19)10(4)15-16)14-5-11-7-20-6-9(11)3/h6-8,14H,5H2,1-4H3. The van der Waals surface area contributed by atoms with E-state index in [4.69, 9.17) is 0 Å². The molecule has 0 saturated heterocycles. The molecule has 0 spiro atoms. The summed E-state index contributed by atoms with van der Waals surface area (Å²) in [6.07, 6.45) is 0.